The van der Waals surface area contributed by atoms with E-state index < -0.39 is 0 Å². The molecule has 1 N–H and O–H groups in total. The summed E-state index contributed by atoms with van der Waals surface area (Å²) in [6, 6.07) is 5.26. The molecule has 4 heteroatoms. The van der Waals surface area contributed by atoms with Crippen LogP contribution in [0.4, 0.5) is 0 Å². The van der Waals surface area contributed by atoms with E-state index >= 15 is 0 Å². The van der Waals surface area contributed by atoms with Gasteiger partial charge in [-0.2, -0.15) is 0 Å². The van der Waals surface area contributed by atoms with Crippen molar-refractivity contribution in [2.45, 2.75) is 13.8 Å². The van der Waals surface area contributed by atoms with Crippen molar-refractivity contribution in [3.63, 3.8) is 0 Å². The second-order valence-corrected chi connectivity index (χ2v) is 4.31. The van der Waals surface area contributed by atoms with E-state index in [1.807, 2.05) is 19.9 Å². The maximum Gasteiger partial charge on any atom is 0.141 e. The molecule has 15 heavy (non-hydrogen) atoms. The number of halogens is 1. The topological polar surface area (TPSA) is 46.3 Å². The van der Waals surface area contributed by atoms with Crippen LogP contribution in [0.1, 0.15) is 11.5 Å². The zero-order valence-electron chi connectivity index (χ0n) is 8.41. The summed E-state index contributed by atoms with van der Waals surface area (Å²) in [5.41, 5.74) is 2.66. The number of phenols is 1. The van der Waals surface area contributed by atoms with Crippen LogP contribution in [0.2, 0.25) is 0 Å². The third-order valence-electron chi connectivity index (χ3n) is 2.20. The van der Waals surface area contributed by atoms with Gasteiger partial charge in [-0.1, -0.05) is 21.1 Å². The average Bonchev–Trinajstić information content (AvgIpc) is 2.44. The highest BCUT2D eigenvalue weighted by Gasteiger charge is 2.12. The van der Waals surface area contributed by atoms with E-state index in [-0.39, 0.29) is 5.75 Å². The van der Waals surface area contributed by atoms with Crippen molar-refractivity contribution >= 4 is 15.9 Å². The van der Waals surface area contributed by atoms with Gasteiger partial charge in [-0.3, -0.25) is 0 Å². The molecule has 0 saturated heterocycles. The number of rotatable bonds is 1. The van der Waals surface area contributed by atoms with Gasteiger partial charge in [0.05, 0.1) is 5.69 Å². The predicted molar refractivity (Wildman–Crippen MR) is 60.8 cm³/mol. The van der Waals surface area contributed by atoms with Crippen molar-refractivity contribution in [1.29, 1.82) is 0 Å². The van der Waals surface area contributed by atoms with Crippen molar-refractivity contribution in [2.75, 3.05) is 0 Å². The van der Waals surface area contributed by atoms with E-state index in [0.717, 1.165) is 27.1 Å². The van der Waals surface area contributed by atoms with E-state index in [9.17, 15) is 5.11 Å². The van der Waals surface area contributed by atoms with Gasteiger partial charge in [0, 0.05) is 10.0 Å². The number of aryl methyl sites for hydroxylation is 2. The Morgan fingerprint density at radius 1 is 1.27 bits per heavy atom. The Morgan fingerprint density at radius 3 is 2.53 bits per heavy atom. The quantitative estimate of drug-likeness (QED) is 0.861. The van der Waals surface area contributed by atoms with Crippen molar-refractivity contribution < 1.29 is 9.63 Å². The van der Waals surface area contributed by atoms with Crippen molar-refractivity contribution in [2.24, 2.45) is 0 Å². The van der Waals surface area contributed by atoms with E-state index in [1.54, 1.807) is 12.1 Å². The summed E-state index contributed by atoms with van der Waals surface area (Å²) in [5, 5.41) is 13.4. The molecule has 0 aliphatic carbocycles. The Morgan fingerprint density at radius 2 is 2.00 bits per heavy atom. The van der Waals surface area contributed by atoms with Gasteiger partial charge in [0.15, 0.2) is 0 Å². The molecule has 3 nitrogen and oxygen atoms in total. The lowest BCUT2D eigenvalue weighted by molar-refractivity contribution is 0.393. The van der Waals surface area contributed by atoms with Crippen molar-refractivity contribution in [1.82, 2.24) is 5.16 Å². The van der Waals surface area contributed by atoms with Gasteiger partial charge in [0.1, 0.15) is 11.5 Å². The SMILES string of the molecule is Cc1noc(C)c1-c1cc(O)cc(Br)c1. The number of phenolic OH excluding ortho intramolecular Hbond substituents is 1. The lowest BCUT2D eigenvalue weighted by Gasteiger charge is -2.02. The normalized spacial score (nSPS) is 10.6. The first kappa shape index (κ1) is 10.2. The Labute approximate surface area is 95.8 Å². The van der Waals surface area contributed by atoms with Gasteiger partial charge in [-0.05, 0) is 37.6 Å². The number of hydrogen-bond donors (Lipinski definition) is 1. The largest absolute Gasteiger partial charge is 0.508 e. The predicted octanol–water partition coefficient (Wildman–Crippen LogP) is 3.43. The highest BCUT2D eigenvalue weighted by Crippen LogP contribution is 2.31. The highest BCUT2D eigenvalue weighted by molar-refractivity contribution is 9.10. The second kappa shape index (κ2) is 3.70. The number of hydrogen-bond acceptors (Lipinski definition) is 3. The molecule has 0 unspecified atom stereocenters. The first-order chi connectivity index (χ1) is 7.08. The van der Waals surface area contributed by atoms with Gasteiger partial charge in [-0.15, -0.1) is 0 Å². The van der Waals surface area contributed by atoms with Crippen LogP contribution in [0.25, 0.3) is 11.1 Å². The zero-order valence-corrected chi connectivity index (χ0v) is 10.00. The maximum absolute atomic E-state index is 9.49. The van der Waals surface area contributed by atoms with E-state index in [2.05, 4.69) is 21.1 Å². The van der Waals surface area contributed by atoms with E-state index in [4.69, 9.17) is 4.52 Å². The fraction of sp³-hybridized carbons (Fsp3) is 0.182. The molecule has 1 heterocycles. The van der Waals surface area contributed by atoms with Crippen LogP contribution in [0.15, 0.2) is 27.2 Å². The van der Waals surface area contributed by atoms with Gasteiger partial charge in [-0.25, -0.2) is 0 Å². The minimum absolute atomic E-state index is 0.222. The lowest BCUT2D eigenvalue weighted by atomic mass is 10.0. The summed E-state index contributed by atoms with van der Waals surface area (Å²) in [6.45, 7) is 3.73. The Balaban J connectivity index is 2.63. The Kier molecular flexibility index (Phi) is 2.52. The molecule has 1 aromatic carbocycles. The molecule has 78 valence electrons. The number of aromatic nitrogens is 1. The van der Waals surface area contributed by atoms with Crippen LogP contribution < -0.4 is 0 Å². The van der Waals surface area contributed by atoms with E-state index in [1.165, 1.54) is 0 Å². The summed E-state index contributed by atoms with van der Waals surface area (Å²) < 4.78 is 5.91. The second-order valence-electron chi connectivity index (χ2n) is 3.40. The van der Waals surface area contributed by atoms with Crippen molar-refractivity contribution in [3.8, 4) is 16.9 Å². The average molecular weight is 268 g/mol. The molecule has 0 radical (unpaired) electrons. The molecule has 1 aromatic heterocycles. The monoisotopic (exact) mass is 267 g/mol. The van der Waals surface area contributed by atoms with E-state index in [0.29, 0.717) is 0 Å². The van der Waals surface area contributed by atoms with Gasteiger partial charge in [0.2, 0.25) is 0 Å². The molecule has 0 aliphatic heterocycles. The Bertz CT molecular complexity index is 466. The van der Waals surface area contributed by atoms with Gasteiger partial charge >= 0.3 is 0 Å². The van der Waals surface area contributed by atoms with Crippen LogP contribution in [0, 0.1) is 13.8 Å². The van der Waals surface area contributed by atoms with Gasteiger partial charge in [0.25, 0.3) is 0 Å². The molecular formula is C11H10BrNO2. The van der Waals surface area contributed by atoms with Crippen LogP contribution in [0.5, 0.6) is 5.75 Å². The minimum atomic E-state index is 0.222. The fourth-order valence-electron chi connectivity index (χ4n) is 1.61. The minimum Gasteiger partial charge on any atom is -0.508 e. The third-order valence-corrected chi connectivity index (χ3v) is 2.66. The summed E-state index contributed by atoms with van der Waals surface area (Å²) >= 11 is 3.34. The summed E-state index contributed by atoms with van der Waals surface area (Å²) in [4.78, 5) is 0. The fourth-order valence-corrected chi connectivity index (χ4v) is 2.09. The molecule has 0 amide bonds. The number of nitrogens with zero attached hydrogens (tertiary/aromatic N) is 1. The third kappa shape index (κ3) is 1.90. The highest BCUT2D eigenvalue weighted by atomic mass is 79.9. The lowest BCUT2D eigenvalue weighted by Crippen LogP contribution is -1.82. The van der Waals surface area contributed by atoms with Crippen molar-refractivity contribution in [3.05, 3.63) is 34.1 Å². The maximum atomic E-state index is 9.49. The molecule has 0 atom stereocenters. The molecule has 0 fully saturated rings. The molecular weight excluding hydrogens is 258 g/mol. The zero-order chi connectivity index (χ0) is 11.0. The van der Waals surface area contributed by atoms with Crippen LogP contribution in [-0.2, 0) is 0 Å². The molecule has 0 bridgehead atoms. The number of benzene rings is 1. The van der Waals surface area contributed by atoms with Crippen LogP contribution in [0.3, 0.4) is 0 Å². The smallest absolute Gasteiger partial charge is 0.141 e. The summed E-state index contributed by atoms with van der Waals surface area (Å²) in [6.07, 6.45) is 0. The molecule has 2 rings (SSSR count). The summed E-state index contributed by atoms with van der Waals surface area (Å²) in [5.74, 6) is 0.976. The van der Waals surface area contributed by atoms with Crippen LogP contribution in [-0.4, -0.2) is 10.3 Å². The molecule has 0 spiro atoms. The first-order valence-corrected chi connectivity index (χ1v) is 5.30. The van der Waals surface area contributed by atoms with Gasteiger partial charge < -0.3 is 9.63 Å². The molecule has 0 aliphatic rings. The van der Waals surface area contributed by atoms with Crippen LogP contribution >= 0.6 is 15.9 Å². The first-order valence-electron chi connectivity index (χ1n) is 4.50. The summed E-state index contributed by atoms with van der Waals surface area (Å²) in [7, 11) is 0. The molecule has 0 saturated carbocycles. The molecule has 2 aromatic rings. The number of aromatic hydroxyl groups is 1. The standard InChI is InChI=1S/C11H10BrNO2/c1-6-11(7(2)15-13-6)8-3-9(12)5-10(14)4-8/h3-5,14H,1-2H3. The Hall–Kier alpha value is -1.29.